The van der Waals surface area contributed by atoms with Crippen LogP contribution >= 0.6 is 7.82 Å². The molecule has 0 saturated carbocycles. The van der Waals surface area contributed by atoms with Gasteiger partial charge in [0.15, 0.2) is 11.2 Å². The minimum atomic E-state index is -5.39. The number of nitrogens with one attached hydrogen (secondary N) is 1. The van der Waals surface area contributed by atoms with Crippen molar-refractivity contribution in [2.24, 2.45) is 0 Å². The summed E-state index contributed by atoms with van der Waals surface area (Å²) < 4.78 is 15.6. The number of imidazole rings is 1. The topological polar surface area (TPSA) is 226 Å². The number of aromatic amines is 1. The zero-order chi connectivity index (χ0) is 18.1. The third-order valence-corrected chi connectivity index (χ3v) is 3.15. The minimum Gasteiger partial charge on any atom is -0.822 e. The van der Waals surface area contributed by atoms with E-state index in [1.54, 1.807) is 0 Å². The predicted octanol–water partition coefficient (Wildman–Crippen LogP) is -13.5. The summed E-state index contributed by atoms with van der Waals surface area (Å²) >= 11 is 0. The molecule has 1 saturated heterocycles. The molecule has 27 heavy (non-hydrogen) atoms. The second kappa shape index (κ2) is 12.7. The summed E-state index contributed by atoms with van der Waals surface area (Å²) in [6, 6.07) is 0. The molecule has 1 fully saturated rings. The van der Waals surface area contributed by atoms with Crippen LogP contribution in [0.25, 0.3) is 11.2 Å². The number of hydrogen-bond acceptors (Lipinski definition) is 11. The molecular weight excluding hydrogens is 418 g/mol. The van der Waals surface area contributed by atoms with E-state index in [1.165, 1.54) is 10.9 Å². The van der Waals surface area contributed by atoms with E-state index in [4.69, 9.17) is 34.8 Å². The third kappa shape index (κ3) is 8.80. The molecule has 0 unspecified atom stereocenters. The number of anilines is 1. The first-order valence-corrected chi connectivity index (χ1v) is 7.96. The number of hydrogen-bond donors (Lipinski definition) is 4. The first-order valence-electron chi connectivity index (χ1n) is 6.50. The normalized spacial score (nSPS) is 21.3. The van der Waals surface area contributed by atoms with Gasteiger partial charge in [0.2, 0.25) is 5.95 Å². The fourth-order valence-electron chi connectivity index (χ4n) is 2.20. The van der Waals surface area contributed by atoms with E-state index in [0.29, 0.717) is 0 Å². The Morgan fingerprint density at radius 2 is 1.93 bits per heavy atom. The number of rotatable bonds is 2. The van der Waals surface area contributed by atoms with E-state index < -0.39 is 31.8 Å². The second-order valence-corrected chi connectivity index (χ2v) is 5.73. The van der Waals surface area contributed by atoms with Crippen LogP contribution in [0.3, 0.4) is 0 Å². The number of aromatic nitrogens is 4. The van der Waals surface area contributed by atoms with Gasteiger partial charge < -0.3 is 39.9 Å². The molecule has 0 bridgehead atoms. The van der Waals surface area contributed by atoms with Gasteiger partial charge in [-0.15, -0.1) is 0 Å². The quantitative estimate of drug-likeness (QED) is 0.258. The fourth-order valence-corrected chi connectivity index (χ4v) is 2.20. The molecule has 0 aliphatic carbocycles. The van der Waals surface area contributed by atoms with Gasteiger partial charge in [0.1, 0.15) is 12.3 Å². The largest absolute Gasteiger partial charge is 1.00 e. The molecule has 3 rings (SSSR count). The van der Waals surface area contributed by atoms with Crippen molar-refractivity contribution in [1.29, 1.82) is 0 Å². The summed E-state index contributed by atoms with van der Waals surface area (Å²) in [7, 11) is -5.39. The molecule has 134 valence electrons. The Hall–Kier alpha value is 1.14. The molecule has 0 aromatic carbocycles. The maximum atomic E-state index is 11.6. The van der Waals surface area contributed by atoms with E-state index in [9.17, 15) is 9.90 Å². The van der Waals surface area contributed by atoms with Crippen molar-refractivity contribution in [1.82, 2.24) is 19.5 Å². The number of aliphatic hydroxyl groups is 2. The van der Waals surface area contributed by atoms with Crippen LogP contribution in [0.1, 0.15) is 12.6 Å². The maximum absolute atomic E-state index is 11.6. The van der Waals surface area contributed by atoms with Gasteiger partial charge in [-0.2, -0.15) is 12.8 Å². The monoisotopic (exact) mass is 431 g/mol. The smallest absolute Gasteiger partial charge is 0.822 e. The van der Waals surface area contributed by atoms with Gasteiger partial charge in [-0.1, -0.05) is 0 Å². The summed E-state index contributed by atoms with van der Waals surface area (Å²) in [5.74, 6) is -0.0171. The average molecular weight is 431 g/mol. The van der Waals surface area contributed by atoms with Gasteiger partial charge in [-0.05, 0) is 0 Å². The molecule has 13 nitrogen and oxygen atoms in total. The standard InChI is InChI=1S/C10H13N5O4.3Na.H3O4P/c11-10-13-8-7(9(18)14-10)12-3-15(8)6-1-4(17)5(2-16)19-6;;;;1-5(2,3)4/h3-6,16-17H,1-2H2,(H3,11,13,14,18);;;;(H3,1,2,3,4)/q;3*+1;/p-3/t4-,5+,6+;;;;/m0..../s1. The van der Waals surface area contributed by atoms with Crippen LogP contribution in [-0.2, 0) is 9.30 Å². The molecule has 2 aromatic rings. The number of H-pyrrole nitrogens is 1. The van der Waals surface area contributed by atoms with Crippen molar-refractivity contribution in [3.8, 4) is 0 Å². The van der Waals surface area contributed by atoms with Crippen LogP contribution in [0.5, 0.6) is 0 Å². The molecule has 0 amide bonds. The van der Waals surface area contributed by atoms with E-state index in [-0.39, 0.29) is 119 Å². The number of nitrogens with zero attached hydrogens (tertiary/aromatic N) is 3. The van der Waals surface area contributed by atoms with Crippen LogP contribution in [0.15, 0.2) is 11.1 Å². The van der Waals surface area contributed by atoms with E-state index in [0.717, 1.165) is 0 Å². The van der Waals surface area contributed by atoms with Crippen molar-refractivity contribution in [2.75, 3.05) is 12.3 Å². The zero-order valence-electron chi connectivity index (χ0n) is 14.9. The molecule has 3 heterocycles. The Labute approximate surface area is 218 Å². The van der Waals surface area contributed by atoms with Crippen LogP contribution in [0.2, 0.25) is 0 Å². The fraction of sp³-hybridized carbons (Fsp3) is 0.500. The molecule has 0 spiro atoms. The number of nitrogen functional groups attached to an aromatic ring is 1. The van der Waals surface area contributed by atoms with Gasteiger partial charge in [0.05, 0.1) is 19.0 Å². The first kappa shape index (κ1) is 30.3. The molecule has 0 radical (unpaired) electrons. The van der Waals surface area contributed by atoms with Crippen LogP contribution in [-0.4, -0.2) is 48.5 Å². The predicted molar refractivity (Wildman–Crippen MR) is 71.8 cm³/mol. The number of phosphoric acid groups is 1. The number of ether oxygens (including phenoxy) is 1. The first-order chi connectivity index (χ1) is 11.1. The van der Waals surface area contributed by atoms with Crippen molar-refractivity contribution in [2.45, 2.75) is 24.9 Å². The molecule has 17 heteroatoms. The Morgan fingerprint density at radius 1 is 1.37 bits per heavy atom. The molecule has 1 aliphatic rings. The van der Waals surface area contributed by atoms with E-state index in [2.05, 4.69) is 15.0 Å². The zero-order valence-corrected chi connectivity index (χ0v) is 21.8. The summed E-state index contributed by atoms with van der Waals surface area (Å²) in [5, 5.41) is 18.8. The van der Waals surface area contributed by atoms with Crippen molar-refractivity contribution < 1.29 is 123 Å². The molecule has 5 N–H and O–H groups in total. The summed E-state index contributed by atoms with van der Waals surface area (Å²) in [4.78, 5) is 47.6. The Balaban J connectivity index is 0. The van der Waals surface area contributed by atoms with Gasteiger partial charge in [-0.3, -0.25) is 14.3 Å². The van der Waals surface area contributed by atoms with Crippen molar-refractivity contribution >= 4 is 24.9 Å². The second-order valence-electron chi connectivity index (χ2n) is 4.84. The Morgan fingerprint density at radius 3 is 2.41 bits per heavy atom. The van der Waals surface area contributed by atoms with Crippen LogP contribution < -0.4 is 115 Å². The van der Waals surface area contributed by atoms with Crippen LogP contribution in [0.4, 0.5) is 5.95 Å². The van der Waals surface area contributed by atoms with Crippen LogP contribution in [0, 0.1) is 0 Å². The summed E-state index contributed by atoms with van der Waals surface area (Å²) in [5.41, 5.74) is 5.50. The summed E-state index contributed by atoms with van der Waals surface area (Å²) in [6.07, 6.45) is -0.270. The maximum Gasteiger partial charge on any atom is 1.00 e. The SMILES string of the molecule is Nc1nc2c(ncn2[C@H]2C[C@H](O)[C@@H](CO)O2)c(=O)[nH]1.O=P([O-])([O-])[O-].[Na+].[Na+].[Na+]. The number of fused-ring (bicyclic) bond motifs is 1. The summed E-state index contributed by atoms with van der Waals surface area (Å²) in [6.45, 7) is -0.277. The molecule has 2 aromatic heterocycles. The van der Waals surface area contributed by atoms with E-state index in [1.807, 2.05) is 0 Å². The molecule has 1 aliphatic heterocycles. The van der Waals surface area contributed by atoms with Gasteiger partial charge in [0, 0.05) is 6.42 Å². The Kier molecular flexibility index (Phi) is 14.3. The number of nitrogens with two attached hydrogens (primary N) is 1. The third-order valence-electron chi connectivity index (χ3n) is 3.15. The Bertz CT molecular complexity index is 820. The molecular formula is C10H13N5Na3O8P. The van der Waals surface area contributed by atoms with Gasteiger partial charge >= 0.3 is 88.7 Å². The average Bonchev–Trinajstić information content (AvgIpc) is 3.00. The minimum absolute atomic E-state index is 0. The molecule has 3 atom stereocenters. The van der Waals surface area contributed by atoms with Crippen molar-refractivity contribution in [3.63, 3.8) is 0 Å². The van der Waals surface area contributed by atoms with Gasteiger partial charge in [0.25, 0.3) is 5.56 Å². The van der Waals surface area contributed by atoms with Crippen molar-refractivity contribution in [3.05, 3.63) is 16.7 Å². The van der Waals surface area contributed by atoms with E-state index >= 15 is 0 Å². The van der Waals surface area contributed by atoms with Gasteiger partial charge in [-0.25, -0.2) is 4.98 Å². The number of aliphatic hydroxyl groups excluding tert-OH is 2.